The number of hydrogen-bond acceptors (Lipinski definition) is 7. The number of aliphatic hydroxyl groups excluding tert-OH is 1. The molecule has 0 bridgehead atoms. The summed E-state index contributed by atoms with van der Waals surface area (Å²) in [7, 11) is -2.59. The summed E-state index contributed by atoms with van der Waals surface area (Å²) >= 11 is 0. The smallest absolute Gasteiger partial charge is 0.410 e. The van der Waals surface area contributed by atoms with Crippen LogP contribution in [0.5, 0.6) is 5.75 Å². The molecular formula is C43H58N2O6Si. The number of ether oxygens (including phenoxy) is 2. The van der Waals surface area contributed by atoms with Crippen LogP contribution in [0.25, 0.3) is 11.0 Å². The maximum atomic E-state index is 12.5. The van der Waals surface area contributed by atoms with Gasteiger partial charge in [0.2, 0.25) is 0 Å². The number of nitrogens with zero attached hydrogens (tertiary/aromatic N) is 2. The maximum Gasteiger partial charge on any atom is 0.410 e. The van der Waals surface area contributed by atoms with E-state index in [-0.39, 0.29) is 23.8 Å². The summed E-state index contributed by atoms with van der Waals surface area (Å²) in [5, 5.41) is 18.4. The molecule has 52 heavy (non-hydrogen) atoms. The number of rotatable bonds is 11. The van der Waals surface area contributed by atoms with Crippen LogP contribution in [0.15, 0.2) is 77.3 Å². The molecule has 1 aliphatic carbocycles. The molecular weight excluding hydrogens is 669 g/mol. The SMILES string of the molecule is CC(C)(C)OC(=O)N1CCC(CCc2noc3c(CO)c(OC[C@H]4CC[C@@H](O[Si](c5ccccc5)(c5ccccc5)C(C)(C)C)CC4)ccc23)CC1. The second-order valence-electron chi connectivity index (χ2n) is 16.9. The summed E-state index contributed by atoms with van der Waals surface area (Å²) in [4.78, 5) is 14.3. The zero-order valence-corrected chi connectivity index (χ0v) is 33.0. The molecule has 1 N–H and O–H groups in total. The number of piperidine rings is 1. The van der Waals surface area contributed by atoms with Crippen LogP contribution >= 0.6 is 0 Å². The lowest BCUT2D eigenvalue weighted by Crippen LogP contribution is -2.67. The van der Waals surface area contributed by atoms with Gasteiger partial charge in [-0.05, 0) is 112 Å². The molecule has 0 spiro atoms. The molecule has 8 nitrogen and oxygen atoms in total. The van der Waals surface area contributed by atoms with Gasteiger partial charge in [0.15, 0.2) is 5.58 Å². The largest absolute Gasteiger partial charge is 0.493 e. The second-order valence-corrected chi connectivity index (χ2v) is 21.1. The van der Waals surface area contributed by atoms with E-state index in [4.69, 9.17) is 18.4 Å². The van der Waals surface area contributed by atoms with E-state index in [1.54, 1.807) is 0 Å². The highest BCUT2D eigenvalue weighted by Crippen LogP contribution is 2.40. The highest BCUT2D eigenvalue weighted by molar-refractivity contribution is 6.99. The van der Waals surface area contributed by atoms with Crippen molar-refractivity contribution in [1.82, 2.24) is 10.1 Å². The van der Waals surface area contributed by atoms with Crippen molar-refractivity contribution in [3.8, 4) is 5.75 Å². The van der Waals surface area contributed by atoms with Gasteiger partial charge in [0, 0.05) is 24.6 Å². The summed E-state index contributed by atoms with van der Waals surface area (Å²) in [6, 6.07) is 25.8. The summed E-state index contributed by atoms with van der Waals surface area (Å²) in [6.45, 7) is 14.6. The number of carbonyl (C=O) groups is 1. The van der Waals surface area contributed by atoms with E-state index in [0.29, 0.717) is 48.4 Å². The van der Waals surface area contributed by atoms with E-state index in [2.05, 4.69) is 86.6 Å². The molecule has 2 aliphatic rings. The minimum atomic E-state index is -2.59. The van der Waals surface area contributed by atoms with Crippen LogP contribution in [0.1, 0.15) is 97.7 Å². The molecule has 1 saturated heterocycles. The molecule has 0 atom stereocenters. The molecule has 6 rings (SSSR count). The molecule has 1 aromatic heterocycles. The van der Waals surface area contributed by atoms with Crippen molar-refractivity contribution in [2.24, 2.45) is 11.8 Å². The minimum Gasteiger partial charge on any atom is -0.493 e. The Kier molecular flexibility index (Phi) is 11.8. The van der Waals surface area contributed by atoms with E-state index < -0.39 is 13.9 Å². The molecule has 4 aromatic rings. The maximum absolute atomic E-state index is 12.5. The standard InChI is InChI=1S/C43H58N2O6Si/c1-42(2,3)49-41(47)45-27-25-31(26-28-45)19-23-38-36-22-24-39(37(29-46)40(36)50-44-38)48-30-32-17-20-33(21-18-32)51-52(43(4,5)6,34-13-9-7-10-14-34)35-15-11-8-12-16-35/h7-16,22,24,31-33,46H,17-21,23,25-30H2,1-6H3/t32-,33+. The fraction of sp³-hybridized carbons (Fsp3) is 0.535. The Morgan fingerprint density at radius 2 is 1.46 bits per heavy atom. The first-order valence-corrected chi connectivity index (χ1v) is 21.2. The number of amides is 1. The van der Waals surface area contributed by atoms with Gasteiger partial charge in [-0.2, -0.15) is 0 Å². The molecule has 2 fully saturated rings. The Morgan fingerprint density at radius 3 is 2.02 bits per heavy atom. The van der Waals surface area contributed by atoms with Gasteiger partial charge in [0.05, 0.1) is 24.5 Å². The fourth-order valence-electron chi connectivity index (χ4n) is 8.19. The third kappa shape index (κ3) is 8.58. The zero-order chi connectivity index (χ0) is 36.9. The first-order valence-electron chi connectivity index (χ1n) is 19.3. The Bertz CT molecular complexity index is 1710. The van der Waals surface area contributed by atoms with Gasteiger partial charge in [0.1, 0.15) is 11.4 Å². The average Bonchev–Trinajstić information content (AvgIpc) is 3.55. The molecule has 2 heterocycles. The number of aromatic nitrogens is 1. The molecule has 3 aromatic carbocycles. The molecule has 9 heteroatoms. The Labute approximate surface area is 311 Å². The predicted molar refractivity (Wildman–Crippen MR) is 209 cm³/mol. The van der Waals surface area contributed by atoms with Crippen molar-refractivity contribution in [1.29, 1.82) is 0 Å². The number of likely N-dealkylation sites (tertiary alicyclic amines) is 1. The predicted octanol–water partition coefficient (Wildman–Crippen LogP) is 8.41. The molecule has 0 unspecified atom stereocenters. The van der Waals surface area contributed by atoms with E-state index in [1.165, 1.54) is 10.4 Å². The van der Waals surface area contributed by atoms with E-state index >= 15 is 0 Å². The third-order valence-corrected chi connectivity index (χ3v) is 16.1. The normalized spacial score (nSPS) is 19.2. The topological polar surface area (TPSA) is 94.3 Å². The third-order valence-electron chi connectivity index (χ3n) is 11.0. The van der Waals surface area contributed by atoms with Crippen LogP contribution in [0.3, 0.4) is 0 Å². The highest BCUT2D eigenvalue weighted by atomic mass is 28.4. The second kappa shape index (κ2) is 16.1. The first kappa shape index (κ1) is 38.1. The number of fused-ring (bicyclic) bond motifs is 1. The number of aliphatic hydroxyl groups is 1. The first-order chi connectivity index (χ1) is 24.9. The van der Waals surface area contributed by atoms with Crippen molar-refractivity contribution < 1.29 is 28.3 Å². The summed E-state index contributed by atoms with van der Waals surface area (Å²) in [6.07, 6.45) is 7.67. The minimum absolute atomic E-state index is 0.0450. The molecule has 1 saturated carbocycles. The molecule has 1 aliphatic heterocycles. The van der Waals surface area contributed by atoms with Crippen molar-refractivity contribution >= 4 is 35.8 Å². The lowest BCUT2D eigenvalue weighted by Gasteiger charge is -2.46. The van der Waals surface area contributed by atoms with Gasteiger partial charge < -0.3 is 28.4 Å². The Hall–Kier alpha value is -3.66. The number of hydrogen-bond donors (Lipinski definition) is 1. The zero-order valence-electron chi connectivity index (χ0n) is 32.0. The van der Waals surface area contributed by atoms with Crippen LogP contribution in [0.2, 0.25) is 5.04 Å². The fourth-order valence-corrected chi connectivity index (χ4v) is 12.9. The summed E-state index contributed by atoms with van der Waals surface area (Å²) < 4.78 is 25.2. The molecule has 0 radical (unpaired) electrons. The lowest BCUT2D eigenvalue weighted by molar-refractivity contribution is 0.0181. The Balaban J connectivity index is 1.04. The lowest BCUT2D eigenvalue weighted by atomic mass is 9.88. The average molecular weight is 727 g/mol. The van der Waals surface area contributed by atoms with E-state index in [0.717, 1.165) is 62.4 Å². The van der Waals surface area contributed by atoms with Gasteiger partial charge in [0.25, 0.3) is 8.32 Å². The molecule has 280 valence electrons. The van der Waals surface area contributed by atoms with Crippen molar-refractivity contribution in [2.45, 2.75) is 116 Å². The van der Waals surface area contributed by atoms with Crippen molar-refractivity contribution in [3.05, 3.63) is 84.1 Å². The van der Waals surface area contributed by atoms with Gasteiger partial charge in [-0.1, -0.05) is 86.6 Å². The van der Waals surface area contributed by atoms with Crippen molar-refractivity contribution in [3.63, 3.8) is 0 Å². The van der Waals surface area contributed by atoms with Crippen LogP contribution in [0.4, 0.5) is 4.79 Å². The van der Waals surface area contributed by atoms with Crippen LogP contribution in [0, 0.1) is 11.8 Å². The van der Waals surface area contributed by atoms with Gasteiger partial charge in [-0.15, -0.1) is 0 Å². The van der Waals surface area contributed by atoms with Crippen LogP contribution < -0.4 is 15.1 Å². The van der Waals surface area contributed by atoms with E-state index in [9.17, 15) is 9.90 Å². The number of benzene rings is 3. The quantitative estimate of drug-likeness (QED) is 0.155. The van der Waals surface area contributed by atoms with Crippen LogP contribution in [-0.4, -0.2) is 61.0 Å². The highest BCUT2D eigenvalue weighted by Gasteiger charge is 2.51. The van der Waals surface area contributed by atoms with Crippen molar-refractivity contribution in [2.75, 3.05) is 19.7 Å². The van der Waals surface area contributed by atoms with E-state index in [1.807, 2.05) is 37.8 Å². The van der Waals surface area contributed by atoms with Gasteiger partial charge >= 0.3 is 6.09 Å². The number of aryl methyl sites for hydroxylation is 1. The summed E-state index contributed by atoms with van der Waals surface area (Å²) in [5.41, 5.74) is 1.69. The molecule has 1 amide bonds. The van der Waals surface area contributed by atoms with Crippen LogP contribution in [-0.2, 0) is 22.2 Å². The van der Waals surface area contributed by atoms with Gasteiger partial charge in [-0.3, -0.25) is 0 Å². The number of carbonyl (C=O) groups excluding carboxylic acids is 1. The monoisotopic (exact) mass is 726 g/mol. The summed E-state index contributed by atoms with van der Waals surface area (Å²) in [5.74, 6) is 1.58. The van der Waals surface area contributed by atoms with Gasteiger partial charge in [-0.25, -0.2) is 4.79 Å². The Morgan fingerprint density at radius 1 is 0.846 bits per heavy atom.